The number of fused-ring (bicyclic) bond motifs is 7. The summed E-state index contributed by atoms with van der Waals surface area (Å²) in [4.78, 5) is 11.6. The second-order valence-electron chi connectivity index (χ2n) is 8.08. The zero-order valence-electron chi connectivity index (χ0n) is 15.9. The summed E-state index contributed by atoms with van der Waals surface area (Å²) in [5.41, 5.74) is 3.63. The van der Waals surface area contributed by atoms with Crippen LogP contribution in [0.4, 0.5) is 0 Å². The molecule has 0 N–H and O–H groups in total. The van der Waals surface area contributed by atoms with Gasteiger partial charge in [0.15, 0.2) is 6.79 Å². The van der Waals surface area contributed by atoms with Gasteiger partial charge in [-0.3, -0.25) is 4.79 Å². The Kier molecular flexibility index (Phi) is 4.59. The molecule has 142 valence electrons. The van der Waals surface area contributed by atoms with Crippen LogP contribution in [0.3, 0.4) is 0 Å². The van der Waals surface area contributed by atoms with Gasteiger partial charge in [0.25, 0.3) is 0 Å². The fraction of sp³-hybridized carbons (Fsp3) is 0.667. The smallest absolute Gasteiger partial charge is 0.305 e. The number of aryl methyl sites for hydroxylation is 1. The van der Waals surface area contributed by atoms with E-state index < -0.39 is 0 Å². The normalized spacial score (nSPS) is 28.3. The van der Waals surface area contributed by atoms with Crippen molar-refractivity contribution in [3.63, 3.8) is 0 Å². The van der Waals surface area contributed by atoms with E-state index in [0.717, 1.165) is 24.3 Å². The summed E-state index contributed by atoms with van der Waals surface area (Å²) >= 11 is 0. The molecular weight excluding hydrogens is 332 g/mol. The van der Waals surface area contributed by atoms with Gasteiger partial charge in [-0.15, -0.1) is 0 Å². The number of ether oxygens (including phenoxy) is 4. The minimum atomic E-state index is -0.314. The fourth-order valence-electron chi connectivity index (χ4n) is 4.95. The molecule has 1 aromatic carbocycles. The number of methoxy groups -OCH3 is 2. The largest absolute Gasteiger partial charge is 0.487 e. The molecule has 4 rings (SSSR count). The predicted molar refractivity (Wildman–Crippen MR) is 96.9 cm³/mol. The maximum Gasteiger partial charge on any atom is 0.305 e. The summed E-state index contributed by atoms with van der Waals surface area (Å²) in [6.45, 7) is 2.40. The Morgan fingerprint density at radius 1 is 1.27 bits per heavy atom. The molecule has 1 aliphatic heterocycles. The fourth-order valence-corrected chi connectivity index (χ4v) is 4.95. The summed E-state index contributed by atoms with van der Waals surface area (Å²) in [7, 11) is 3.09. The average Bonchev–Trinajstić information content (AvgIpc) is 3.27. The highest BCUT2D eigenvalue weighted by atomic mass is 16.7. The lowest BCUT2D eigenvalue weighted by Crippen LogP contribution is -2.37. The molecular formula is C21H28O5. The van der Waals surface area contributed by atoms with E-state index in [2.05, 4.69) is 13.0 Å². The third-order valence-electron chi connectivity index (χ3n) is 6.34. The summed E-state index contributed by atoms with van der Waals surface area (Å²) < 4.78 is 22.4. The van der Waals surface area contributed by atoms with Crippen molar-refractivity contribution in [2.24, 2.45) is 0 Å². The summed E-state index contributed by atoms with van der Waals surface area (Å²) in [6, 6.07) is 2.16. The summed E-state index contributed by atoms with van der Waals surface area (Å²) in [5, 5.41) is 0. The van der Waals surface area contributed by atoms with Crippen LogP contribution in [0.25, 0.3) is 0 Å². The molecule has 1 saturated carbocycles. The van der Waals surface area contributed by atoms with E-state index >= 15 is 0 Å². The second kappa shape index (κ2) is 6.76. The molecule has 3 aliphatic rings. The minimum absolute atomic E-state index is 0.173. The highest BCUT2D eigenvalue weighted by molar-refractivity contribution is 5.69. The zero-order valence-corrected chi connectivity index (χ0v) is 15.9. The van der Waals surface area contributed by atoms with Crippen molar-refractivity contribution in [1.82, 2.24) is 0 Å². The first-order valence-electron chi connectivity index (χ1n) is 9.62. The van der Waals surface area contributed by atoms with Crippen LogP contribution < -0.4 is 9.47 Å². The van der Waals surface area contributed by atoms with Crippen molar-refractivity contribution in [2.75, 3.05) is 21.0 Å². The van der Waals surface area contributed by atoms with Crippen molar-refractivity contribution in [1.29, 1.82) is 0 Å². The Hall–Kier alpha value is -1.75. The number of benzene rings is 1. The van der Waals surface area contributed by atoms with E-state index in [1.165, 1.54) is 43.1 Å². The third-order valence-corrected chi connectivity index (χ3v) is 6.34. The standard InChI is InChI=1S/C21H28O5/c1-21(9-7-17(22)24-3)8-6-15-11-16(25-12-23-2)18-13-4-5-14(10-13)19(18)20(15)26-21/h11,13-14H,4-10,12H2,1-3H3. The first-order valence-corrected chi connectivity index (χ1v) is 9.62. The Bertz CT molecular complexity index is 713. The monoisotopic (exact) mass is 360 g/mol. The highest BCUT2D eigenvalue weighted by Crippen LogP contribution is 2.60. The van der Waals surface area contributed by atoms with Crippen LogP contribution in [0.2, 0.25) is 0 Å². The first kappa shape index (κ1) is 17.7. The topological polar surface area (TPSA) is 54.0 Å². The van der Waals surface area contributed by atoms with Crippen molar-refractivity contribution in [3.8, 4) is 11.5 Å². The lowest BCUT2D eigenvalue weighted by Gasteiger charge is -2.38. The molecule has 1 fully saturated rings. The summed E-state index contributed by atoms with van der Waals surface area (Å²) in [5.74, 6) is 3.04. The third kappa shape index (κ3) is 2.96. The molecule has 5 nitrogen and oxygen atoms in total. The van der Waals surface area contributed by atoms with Gasteiger partial charge in [0, 0.05) is 24.7 Å². The summed E-state index contributed by atoms with van der Waals surface area (Å²) in [6.07, 6.45) is 6.60. The first-order chi connectivity index (χ1) is 12.5. The zero-order chi connectivity index (χ0) is 18.3. The second-order valence-corrected chi connectivity index (χ2v) is 8.08. The number of rotatable bonds is 6. The Labute approximate surface area is 155 Å². The maximum atomic E-state index is 11.6. The lowest BCUT2D eigenvalue weighted by molar-refractivity contribution is -0.141. The number of carbonyl (C=O) groups excluding carboxylic acids is 1. The van der Waals surface area contributed by atoms with Crippen molar-refractivity contribution >= 4 is 5.97 Å². The number of hydrogen-bond acceptors (Lipinski definition) is 5. The van der Waals surface area contributed by atoms with Gasteiger partial charge in [-0.1, -0.05) is 0 Å². The molecule has 2 aliphatic carbocycles. The Morgan fingerprint density at radius 2 is 2.04 bits per heavy atom. The molecule has 1 heterocycles. The van der Waals surface area contributed by atoms with Crippen molar-refractivity contribution in [3.05, 3.63) is 22.8 Å². The van der Waals surface area contributed by atoms with Gasteiger partial charge in [-0.05, 0) is 68.9 Å². The van der Waals surface area contributed by atoms with Gasteiger partial charge < -0.3 is 18.9 Å². The van der Waals surface area contributed by atoms with E-state index in [1.807, 2.05) is 0 Å². The maximum absolute atomic E-state index is 11.6. The number of esters is 1. The molecule has 0 spiro atoms. The molecule has 0 saturated heterocycles. The minimum Gasteiger partial charge on any atom is -0.487 e. The van der Waals surface area contributed by atoms with Crippen LogP contribution in [0.5, 0.6) is 11.5 Å². The Morgan fingerprint density at radius 3 is 2.77 bits per heavy atom. The van der Waals surface area contributed by atoms with Crippen LogP contribution in [0.15, 0.2) is 6.07 Å². The van der Waals surface area contributed by atoms with E-state index in [-0.39, 0.29) is 18.4 Å². The van der Waals surface area contributed by atoms with E-state index in [0.29, 0.717) is 24.7 Å². The Balaban J connectivity index is 1.66. The molecule has 0 amide bonds. The van der Waals surface area contributed by atoms with E-state index in [9.17, 15) is 4.79 Å². The average molecular weight is 360 g/mol. The number of hydrogen-bond donors (Lipinski definition) is 0. The van der Waals surface area contributed by atoms with Gasteiger partial charge in [0.1, 0.15) is 17.1 Å². The molecule has 0 radical (unpaired) electrons. The van der Waals surface area contributed by atoms with Crippen molar-refractivity contribution < 1.29 is 23.7 Å². The molecule has 3 unspecified atom stereocenters. The SMILES string of the molecule is COCOc1cc2c(c3c1C1CCC3C1)OC(C)(CCC(=O)OC)CC2. The molecule has 2 bridgehead atoms. The molecule has 1 aromatic rings. The van der Waals surface area contributed by atoms with Crippen LogP contribution in [0.1, 0.15) is 74.0 Å². The highest BCUT2D eigenvalue weighted by Gasteiger charge is 2.44. The van der Waals surface area contributed by atoms with Crippen molar-refractivity contribution in [2.45, 2.75) is 69.3 Å². The van der Waals surface area contributed by atoms with Gasteiger partial charge in [0.05, 0.1) is 7.11 Å². The lowest BCUT2D eigenvalue weighted by atomic mass is 9.83. The van der Waals surface area contributed by atoms with Gasteiger partial charge in [-0.2, -0.15) is 0 Å². The van der Waals surface area contributed by atoms with E-state index in [4.69, 9.17) is 18.9 Å². The van der Waals surface area contributed by atoms with Crippen LogP contribution in [0, 0.1) is 0 Å². The molecule has 3 atom stereocenters. The van der Waals surface area contributed by atoms with Crippen LogP contribution >= 0.6 is 0 Å². The van der Waals surface area contributed by atoms with Crippen LogP contribution in [-0.4, -0.2) is 32.6 Å². The molecule has 26 heavy (non-hydrogen) atoms. The van der Waals surface area contributed by atoms with E-state index in [1.54, 1.807) is 7.11 Å². The predicted octanol–water partition coefficient (Wildman–Crippen LogP) is 4.07. The number of carbonyl (C=O) groups is 1. The van der Waals surface area contributed by atoms with Gasteiger partial charge in [0.2, 0.25) is 0 Å². The molecule has 0 aromatic heterocycles. The quantitative estimate of drug-likeness (QED) is 0.565. The van der Waals surface area contributed by atoms with Crippen LogP contribution in [-0.2, 0) is 20.7 Å². The van der Waals surface area contributed by atoms with Gasteiger partial charge >= 0.3 is 5.97 Å². The van der Waals surface area contributed by atoms with Gasteiger partial charge in [-0.25, -0.2) is 0 Å². The molecule has 5 heteroatoms.